The van der Waals surface area contributed by atoms with Gasteiger partial charge in [-0.2, -0.15) is 0 Å². The summed E-state index contributed by atoms with van der Waals surface area (Å²) in [5, 5.41) is 9.62. The van der Waals surface area contributed by atoms with Crippen molar-refractivity contribution in [3.8, 4) is 0 Å². The fourth-order valence-electron chi connectivity index (χ4n) is 2.50. The highest BCUT2D eigenvalue weighted by atomic mass is 32.2. The molecule has 0 radical (unpaired) electrons. The first-order valence-corrected chi connectivity index (χ1v) is 8.96. The van der Waals surface area contributed by atoms with Crippen LogP contribution in [0.2, 0.25) is 0 Å². The van der Waals surface area contributed by atoms with Crippen molar-refractivity contribution in [1.29, 1.82) is 0 Å². The third-order valence-electron chi connectivity index (χ3n) is 3.93. The van der Waals surface area contributed by atoms with Crippen LogP contribution in [0.25, 0.3) is 0 Å². The maximum Gasteiger partial charge on any atom is 0.291 e. The van der Waals surface area contributed by atoms with Gasteiger partial charge < -0.3 is 5.32 Å². The highest BCUT2D eigenvalue weighted by Crippen LogP contribution is 2.37. The molecule has 1 aromatic rings. The molecule has 0 unspecified atom stereocenters. The van der Waals surface area contributed by atoms with Crippen LogP contribution in [0.1, 0.15) is 48.0 Å². The van der Waals surface area contributed by atoms with Gasteiger partial charge in [0.1, 0.15) is 5.82 Å². The summed E-state index contributed by atoms with van der Waals surface area (Å²) in [7, 11) is -3.14. The molecule has 2 aliphatic rings. The maximum atomic E-state index is 12.1. The number of aromatic amines is 1. The van der Waals surface area contributed by atoms with E-state index in [1.165, 1.54) is 10.6 Å². The van der Waals surface area contributed by atoms with Gasteiger partial charge in [-0.1, -0.05) is 0 Å². The van der Waals surface area contributed by atoms with Crippen LogP contribution in [0.3, 0.4) is 0 Å². The SMILES string of the molecule is CS(=O)(=O)N1CCC(NC(=O)c2n[nH]c(C3CC3)n2)CC1. The Morgan fingerprint density at radius 1 is 1.29 bits per heavy atom. The molecule has 2 heterocycles. The van der Waals surface area contributed by atoms with Crippen molar-refractivity contribution in [2.75, 3.05) is 19.3 Å². The van der Waals surface area contributed by atoms with Crippen molar-refractivity contribution in [3.05, 3.63) is 11.6 Å². The zero-order valence-corrected chi connectivity index (χ0v) is 12.7. The van der Waals surface area contributed by atoms with Gasteiger partial charge in [-0.25, -0.2) is 17.7 Å². The molecule has 2 N–H and O–H groups in total. The molecule has 1 aliphatic carbocycles. The summed E-state index contributed by atoms with van der Waals surface area (Å²) in [5.74, 6) is 1.09. The monoisotopic (exact) mass is 313 g/mol. The molecular weight excluding hydrogens is 294 g/mol. The van der Waals surface area contributed by atoms with E-state index in [9.17, 15) is 13.2 Å². The Morgan fingerprint density at radius 2 is 1.95 bits per heavy atom. The summed E-state index contributed by atoms with van der Waals surface area (Å²) in [6, 6.07) is -0.0293. The van der Waals surface area contributed by atoms with E-state index in [1.807, 2.05) is 0 Å². The Balaban J connectivity index is 1.53. The largest absolute Gasteiger partial charge is 0.346 e. The summed E-state index contributed by atoms with van der Waals surface area (Å²) in [5.41, 5.74) is 0. The van der Waals surface area contributed by atoms with Gasteiger partial charge in [-0.15, -0.1) is 5.10 Å². The Kier molecular flexibility index (Phi) is 3.70. The molecule has 1 aliphatic heterocycles. The highest BCUT2D eigenvalue weighted by Gasteiger charge is 2.29. The molecule has 1 aromatic heterocycles. The Labute approximate surface area is 123 Å². The fraction of sp³-hybridized carbons (Fsp3) is 0.750. The minimum atomic E-state index is -3.14. The summed E-state index contributed by atoms with van der Waals surface area (Å²) in [6.45, 7) is 0.871. The molecule has 2 fully saturated rings. The van der Waals surface area contributed by atoms with E-state index in [4.69, 9.17) is 0 Å². The van der Waals surface area contributed by atoms with E-state index in [0.717, 1.165) is 18.7 Å². The first kappa shape index (κ1) is 14.5. The number of carbonyl (C=O) groups excluding carboxylic acids is 1. The lowest BCUT2D eigenvalue weighted by atomic mass is 10.1. The van der Waals surface area contributed by atoms with Crippen molar-refractivity contribution < 1.29 is 13.2 Å². The van der Waals surface area contributed by atoms with Gasteiger partial charge in [-0.3, -0.25) is 9.89 Å². The van der Waals surface area contributed by atoms with Gasteiger partial charge in [0.2, 0.25) is 15.8 Å². The van der Waals surface area contributed by atoms with Crippen LogP contribution in [0.5, 0.6) is 0 Å². The minimum absolute atomic E-state index is 0.0293. The van der Waals surface area contributed by atoms with Crippen molar-refractivity contribution in [2.45, 2.75) is 37.6 Å². The fourth-order valence-corrected chi connectivity index (χ4v) is 3.37. The van der Waals surface area contributed by atoms with Crippen LogP contribution in [0.15, 0.2) is 0 Å². The molecule has 0 atom stereocenters. The molecule has 0 bridgehead atoms. The second kappa shape index (κ2) is 5.38. The van der Waals surface area contributed by atoms with Crippen LogP contribution in [0.4, 0.5) is 0 Å². The molecule has 3 rings (SSSR count). The minimum Gasteiger partial charge on any atom is -0.346 e. The Bertz CT molecular complexity index is 629. The number of nitrogens with zero attached hydrogens (tertiary/aromatic N) is 3. The zero-order valence-electron chi connectivity index (χ0n) is 11.9. The van der Waals surface area contributed by atoms with Crippen LogP contribution in [-0.4, -0.2) is 59.2 Å². The average molecular weight is 313 g/mol. The van der Waals surface area contributed by atoms with E-state index in [-0.39, 0.29) is 17.8 Å². The van der Waals surface area contributed by atoms with E-state index in [0.29, 0.717) is 31.8 Å². The lowest BCUT2D eigenvalue weighted by Gasteiger charge is -2.30. The zero-order chi connectivity index (χ0) is 15.0. The van der Waals surface area contributed by atoms with E-state index < -0.39 is 10.0 Å². The Morgan fingerprint density at radius 3 is 2.52 bits per heavy atom. The number of H-pyrrole nitrogens is 1. The van der Waals surface area contributed by atoms with Crippen molar-refractivity contribution >= 4 is 15.9 Å². The van der Waals surface area contributed by atoms with Crippen LogP contribution < -0.4 is 5.32 Å². The lowest BCUT2D eigenvalue weighted by molar-refractivity contribution is 0.0913. The number of carbonyl (C=O) groups is 1. The standard InChI is InChI=1S/C12H19N5O3S/c1-21(19,20)17-6-4-9(5-7-17)13-12(18)11-14-10(15-16-11)8-2-3-8/h8-9H,2-7H2,1H3,(H,13,18)(H,14,15,16). The second-order valence-electron chi connectivity index (χ2n) is 5.73. The van der Waals surface area contributed by atoms with Crippen LogP contribution >= 0.6 is 0 Å². The maximum absolute atomic E-state index is 12.1. The molecular formula is C12H19N5O3S. The van der Waals surface area contributed by atoms with E-state index in [2.05, 4.69) is 20.5 Å². The highest BCUT2D eigenvalue weighted by molar-refractivity contribution is 7.88. The number of nitrogens with one attached hydrogen (secondary N) is 2. The van der Waals surface area contributed by atoms with Gasteiger partial charge in [0.25, 0.3) is 5.91 Å². The number of rotatable bonds is 4. The average Bonchev–Trinajstić information content (AvgIpc) is 3.16. The lowest BCUT2D eigenvalue weighted by Crippen LogP contribution is -2.46. The van der Waals surface area contributed by atoms with Crippen LogP contribution in [0, 0.1) is 0 Å². The molecule has 9 heteroatoms. The van der Waals surface area contributed by atoms with Crippen molar-refractivity contribution in [2.24, 2.45) is 0 Å². The number of aromatic nitrogens is 3. The third kappa shape index (κ3) is 3.41. The third-order valence-corrected chi connectivity index (χ3v) is 5.23. The normalized spacial score (nSPS) is 21.4. The van der Waals surface area contributed by atoms with E-state index in [1.54, 1.807) is 0 Å². The van der Waals surface area contributed by atoms with Crippen molar-refractivity contribution in [1.82, 2.24) is 24.8 Å². The number of hydrogen-bond acceptors (Lipinski definition) is 5. The number of amides is 1. The Hall–Kier alpha value is -1.48. The van der Waals surface area contributed by atoms with Gasteiger partial charge >= 0.3 is 0 Å². The first-order chi connectivity index (χ1) is 9.93. The first-order valence-electron chi connectivity index (χ1n) is 7.12. The van der Waals surface area contributed by atoms with Crippen LogP contribution in [-0.2, 0) is 10.0 Å². The molecule has 116 valence electrons. The van der Waals surface area contributed by atoms with E-state index >= 15 is 0 Å². The smallest absolute Gasteiger partial charge is 0.291 e. The van der Waals surface area contributed by atoms with Crippen molar-refractivity contribution in [3.63, 3.8) is 0 Å². The summed E-state index contributed by atoms with van der Waals surface area (Å²) >= 11 is 0. The van der Waals surface area contributed by atoms with Gasteiger partial charge in [0.15, 0.2) is 0 Å². The summed E-state index contributed by atoms with van der Waals surface area (Å²) in [6.07, 6.45) is 4.62. The summed E-state index contributed by atoms with van der Waals surface area (Å²) < 4.78 is 24.3. The summed E-state index contributed by atoms with van der Waals surface area (Å²) in [4.78, 5) is 16.3. The molecule has 0 spiro atoms. The van der Waals surface area contributed by atoms with Gasteiger partial charge in [0, 0.05) is 25.0 Å². The predicted molar refractivity (Wildman–Crippen MR) is 75.3 cm³/mol. The molecule has 8 nitrogen and oxygen atoms in total. The number of piperidine rings is 1. The molecule has 21 heavy (non-hydrogen) atoms. The molecule has 1 saturated heterocycles. The molecule has 1 amide bonds. The number of sulfonamides is 1. The predicted octanol–water partition coefficient (Wildman–Crippen LogP) is -0.164. The number of hydrogen-bond donors (Lipinski definition) is 2. The topological polar surface area (TPSA) is 108 Å². The second-order valence-corrected chi connectivity index (χ2v) is 7.71. The molecule has 0 aromatic carbocycles. The quantitative estimate of drug-likeness (QED) is 0.803. The molecule has 1 saturated carbocycles. The van der Waals surface area contributed by atoms with Gasteiger partial charge in [-0.05, 0) is 25.7 Å². The van der Waals surface area contributed by atoms with Gasteiger partial charge in [0.05, 0.1) is 6.26 Å².